The minimum atomic E-state index is -3.69. The molecule has 6 heteroatoms. The molecule has 0 radical (unpaired) electrons. The molecule has 0 aliphatic carbocycles. The first-order valence-corrected chi connectivity index (χ1v) is 7.98. The molecule has 0 fully saturated rings. The van der Waals surface area contributed by atoms with Gasteiger partial charge in [0.2, 0.25) is 10.0 Å². The van der Waals surface area contributed by atoms with E-state index in [1.165, 1.54) is 0 Å². The van der Waals surface area contributed by atoms with Crippen molar-refractivity contribution in [2.45, 2.75) is 31.8 Å². The van der Waals surface area contributed by atoms with E-state index >= 15 is 0 Å². The van der Waals surface area contributed by atoms with Gasteiger partial charge in [-0.1, -0.05) is 6.07 Å². The van der Waals surface area contributed by atoms with Crippen LogP contribution in [0.5, 0.6) is 0 Å². The first kappa shape index (κ1) is 14.6. The predicted octanol–water partition coefficient (Wildman–Crippen LogP) is 2.08. The highest BCUT2D eigenvalue weighted by Crippen LogP contribution is 2.19. The van der Waals surface area contributed by atoms with Crippen LogP contribution >= 0.6 is 0 Å². The molecule has 0 bridgehead atoms. The van der Waals surface area contributed by atoms with Crippen LogP contribution in [0.2, 0.25) is 0 Å². The highest BCUT2D eigenvalue weighted by molar-refractivity contribution is 7.89. The number of aryl methyl sites for hydroxylation is 2. The van der Waals surface area contributed by atoms with Crippen LogP contribution < -0.4 is 10.5 Å². The van der Waals surface area contributed by atoms with E-state index in [4.69, 9.17) is 5.14 Å². The molecular formula is C14H19N3O2S. The Bertz CT molecular complexity index is 705. The quantitative estimate of drug-likeness (QED) is 0.886. The van der Waals surface area contributed by atoms with Gasteiger partial charge in [-0.15, -0.1) is 0 Å². The molecule has 0 saturated heterocycles. The Morgan fingerprint density at radius 3 is 2.70 bits per heavy atom. The molecule has 2 aromatic rings. The largest absolute Gasteiger partial charge is 0.379 e. The van der Waals surface area contributed by atoms with Crippen LogP contribution in [0.4, 0.5) is 5.69 Å². The lowest BCUT2D eigenvalue weighted by Gasteiger charge is -2.11. The second-order valence-corrected chi connectivity index (χ2v) is 6.19. The summed E-state index contributed by atoms with van der Waals surface area (Å²) in [6.07, 6.45) is 2.02. The molecule has 2 rings (SSSR count). The van der Waals surface area contributed by atoms with Crippen molar-refractivity contribution in [3.05, 3.63) is 47.8 Å². The number of sulfonamides is 1. The van der Waals surface area contributed by atoms with Crippen molar-refractivity contribution in [3.8, 4) is 0 Å². The zero-order chi connectivity index (χ0) is 14.8. The third-order valence-corrected chi connectivity index (χ3v) is 4.29. The zero-order valence-electron chi connectivity index (χ0n) is 11.6. The first-order chi connectivity index (χ1) is 9.41. The van der Waals surface area contributed by atoms with E-state index in [1.807, 2.05) is 24.4 Å². The van der Waals surface area contributed by atoms with Gasteiger partial charge in [0.25, 0.3) is 0 Å². The summed E-state index contributed by atoms with van der Waals surface area (Å²) in [5.41, 5.74) is 2.53. The fourth-order valence-corrected chi connectivity index (χ4v) is 2.94. The van der Waals surface area contributed by atoms with E-state index in [2.05, 4.69) is 16.8 Å². The van der Waals surface area contributed by atoms with Gasteiger partial charge in [-0.3, -0.25) is 0 Å². The zero-order valence-corrected chi connectivity index (χ0v) is 12.4. The van der Waals surface area contributed by atoms with Gasteiger partial charge in [0, 0.05) is 24.1 Å². The van der Waals surface area contributed by atoms with E-state index in [0.717, 1.165) is 17.9 Å². The minimum absolute atomic E-state index is 0.161. The Labute approximate surface area is 119 Å². The topological polar surface area (TPSA) is 77.1 Å². The van der Waals surface area contributed by atoms with Gasteiger partial charge in [-0.25, -0.2) is 13.6 Å². The van der Waals surface area contributed by atoms with Crippen molar-refractivity contribution in [2.24, 2.45) is 5.14 Å². The highest BCUT2D eigenvalue weighted by Gasteiger charge is 2.12. The molecule has 1 aromatic heterocycles. The number of anilines is 1. The Kier molecular flexibility index (Phi) is 4.15. The maximum Gasteiger partial charge on any atom is 0.238 e. The monoisotopic (exact) mass is 293 g/mol. The molecule has 0 unspecified atom stereocenters. The molecule has 1 aromatic carbocycles. The molecule has 0 spiro atoms. The molecule has 3 N–H and O–H groups in total. The summed E-state index contributed by atoms with van der Waals surface area (Å²) in [7, 11) is -3.69. The minimum Gasteiger partial charge on any atom is -0.379 e. The molecule has 0 saturated carbocycles. The van der Waals surface area contributed by atoms with Gasteiger partial charge in [0.05, 0.1) is 11.4 Å². The van der Waals surface area contributed by atoms with Crippen LogP contribution in [0.25, 0.3) is 0 Å². The number of nitrogens with two attached hydrogens (primary N) is 1. The number of nitrogens with one attached hydrogen (secondary N) is 1. The number of primary sulfonamides is 1. The van der Waals surface area contributed by atoms with Crippen LogP contribution in [0, 0.1) is 6.92 Å². The summed E-state index contributed by atoms with van der Waals surface area (Å²) in [4.78, 5) is 0.161. The van der Waals surface area contributed by atoms with Crippen LogP contribution in [0.3, 0.4) is 0 Å². The summed E-state index contributed by atoms with van der Waals surface area (Å²) in [6, 6.07) is 9.20. The lowest BCUT2D eigenvalue weighted by atomic mass is 10.2. The highest BCUT2D eigenvalue weighted by atomic mass is 32.2. The van der Waals surface area contributed by atoms with E-state index in [0.29, 0.717) is 12.1 Å². The molecule has 0 aliphatic heterocycles. The van der Waals surface area contributed by atoms with Gasteiger partial charge < -0.3 is 9.88 Å². The fraction of sp³-hybridized carbons (Fsp3) is 0.286. The normalized spacial score (nSPS) is 11.6. The molecule has 1 heterocycles. The average molecular weight is 293 g/mol. The number of rotatable bonds is 5. The Hall–Kier alpha value is -1.79. The second-order valence-electron chi connectivity index (χ2n) is 4.66. The Morgan fingerprint density at radius 1 is 1.30 bits per heavy atom. The number of benzene rings is 1. The average Bonchev–Trinajstić information content (AvgIpc) is 2.84. The summed E-state index contributed by atoms with van der Waals surface area (Å²) in [5.74, 6) is 0. The van der Waals surface area contributed by atoms with Crippen molar-refractivity contribution in [2.75, 3.05) is 5.32 Å². The van der Waals surface area contributed by atoms with Gasteiger partial charge in [0.1, 0.15) is 0 Å². The van der Waals surface area contributed by atoms with E-state index in [9.17, 15) is 8.42 Å². The summed E-state index contributed by atoms with van der Waals surface area (Å²) in [6.45, 7) is 5.34. The molecule has 5 nitrogen and oxygen atoms in total. The van der Waals surface area contributed by atoms with Crippen molar-refractivity contribution in [3.63, 3.8) is 0 Å². The molecule has 20 heavy (non-hydrogen) atoms. The van der Waals surface area contributed by atoms with E-state index in [1.54, 1.807) is 19.1 Å². The lowest BCUT2D eigenvalue weighted by molar-refractivity contribution is 0.597. The lowest BCUT2D eigenvalue weighted by Crippen LogP contribution is -2.14. The molecule has 0 amide bonds. The third-order valence-electron chi connectivity index (χ3n) is 3.23. The summed E-state index contributed by atoms with van der Waals surface area (Å²) >= 11 is 0. The van der Waals surface area contributed by atoms with Crippen LogP contribution in [0.1, 0.15) is 18.2 Å². The van der Waals surface area contributed by atoms with Gasteiger partial charge >= 0.3 is 0 Å². The molecule has 0 atom stereocenters. The first-order valence-electron chi connectivity index (χ1n) is 6.43. The molecule has 0 aliphatic rings. The summed E-state index contributed by atoms with van der Waals surface area (Å²) in [5, 5.41) is 8.42. The Balaban J connectivity index is 2.19. The Morgan fingerprint density at radius 2 is 2.05 bits per heavy atom. The van der Waals surface area contributed by atoms with E-state index in [-0.39, 0.29) is 4.90 Å². The maximum atomic E-state index is 11.5. The smallest absolute Gasteiger partial charge is 0.238 e. The van der Waals surface area contributed by atoms with Crippen LogP contribution in [-0.2, 0) is 23.1 Å². The van der Waals surface area contributed by atoms with Crippen molar-refractivity contribution in [1.82, 2.24) is 4.57 Å². The fourth-order valence-electron chi connectivity index (χ4n) is 2.13. The third kappa shape index (κ3) is 3.20. The number of hydrogen-bond donors (Lipinski definition) is 2. The van der Waals surface area contributed by atoms with Gasteiger partial charge in [-0.05, 0) is 43.7 Å². The predicted molar refractivity (Wildman–Crippen MR) is 80.0 cm³/mol. The molecule has 108 valence electrons. The van der Waals surface area contributed by atoms with E-state index < -0.39 is 10.0 Å². The maximum absolute atomic E-state index is 11.5. The number of nitrogens with zero attached hydrogens (tertiary/aromatic N) is 1. The van der Waals surface area contributed by atoms with Crippen molar-refractivity contribution in [1.29, 1.82) is 0 Å². The number of hydrogen-bond acceptors (Lipinski definition) is 3. The number of aromatic nitrogens is 1. The summed E-state index contributed by atoms with van der Waals surface area (Å²) < 4.78 is 25.1. The van der Waals surface area contributed by atoms with Crippen LogP contribution in [-0.4, -0.2) is 13.0 Å². The van der Waals surface area contributed by atoms with Gasteiger partial charge in [0.15, 0.2) is 0 Å². The van der Waals surface area contributed by atoms with Crippen LogP contribution in [0.15, 0.2) is 41.4 Å². The van der Waals surface area contributed by atoms with Crippen molar-refractivity contribution >= 4 is 15.7 Å². The second kappa shape index (κ2) is 5.68. The SMILES string of the molecule is CCn1cccc1CNc1ccc(C)c(S(N)(=O)=O)c1. The molecular weight excluding hydrogens is 274 g/mol. The van der Waals surface area contributed by atoms with Gasteiger partial charge in [-0.2, -0.15) is 0 Å². The standard InChI is InChI=1S/C14H19N3O2S/c1-3-17-8-4-5-13(17)10-16-12-7-6-11(2)14(9-12)20(15,18)19/h4-9,16H,3,10H2,1-2H3,(H2,15,18,19). The van der Waals surface area contributed by atoms with Crippen molar-refractivity contribution < 1.29 is 8.42 Å².